The van der Waals surface area contributed by atoms with Crippen LogP contribution in [0.5, 0.6) is 11.5 Å². The van der Waals surface area contributed by atoms with Crippen LogP contribution < -0.4 is 15.0 Å². The van der Waals surface area contributed by atoms with Crippen molar-refractivity contribution >= 4 is 39.0 Å². The van der Waals surface area contributed by atoms with Crippen molar-refractivity contribution in [3.05, 3.63) is 98.0 Å². The van der Waals surface area contributed by atoms with Crippen LogP contribution in [-0.2, 0) is 6.61 Å². The van der Waals surface area contributed by atoms with Gasteiger partial charge in [0.2, 0.25) is 0 Å². The van der Waals surface area contributed by atoms with Crippen LogP contribution in [0.4, 0.5) is 0 Å². The highest BCUT2D eigenvalue weighted by atomic mass is 79.9. The molecule has 0 radical (unpaired) electrons. The van der Waals surface area contributed by atoms with Gasteiger partial charge in [-0.05, 0) is 66.6 Å². The molecule has 0 amide bonds. The Morgan fingerprint density at radius 2 is 1.84 bits per heavy atom. The molecule has 9 heteroatoms. The van der Waals surface area contributed by atoms with E-state index in [-0.39, 0.29) is 23.6 Å². The number of nitrogens with zero attached hydrogens (tertiary/aromatic N) is 3. The van der Waals surface area contributed by atoms with Gasteiger partial charge in [-0.15, -0.1) is 0 Å². The number of carboxylic acids is 1. The van der Waals surface area contributed by atoms with E-state index in [0.29, 0.717) is 34.8 Å². The second-order valence-electron chi connectivity index (χ2n) is 8.58. The Bertz CT molecular complexity index is 1530. The zero-order valence-electron chi connectivity index (χ0n) is 20.6. The Morgan fingerprint density at radius 1 is 1.08 bits per heavy atom. The lowest BCUT2D eigenvalue weighted by Gasteiger charge is -2.13. The number of carbonyl (C=O) groups is 1. The van der Waals surface area contributed by atoms with Crippen LogP contribution in [0, 0.1) is 0 Å². The van der Waals surface area contributed by atoms with E-state index < -0.39 is 5.97 Å². The third kappa shape index (κ3) is 6.06. The van der Waals surface area contributed by atoms with Crippen LogP contribution in [0.3, 0.4) is 0 Å². The van der Waals surface area contributed by atoms with Gasteiger partial charge in [0, 0.05) is 10.4 Å². The quantitative estimate of drug-likeness (QED) is 0.256. The molecular weight excluding hydrogens is 538 g/mol. The third-order valence-corrected chi connectivity index (χ3v) is 6.03. The first-order valence-electron chi connectivity index (χ1n) is 11.7. The molecule has 37 heavy (non-hydrogen) atoms. The summed E-state index contributed by atoms with van der Waals surface area (Å²) < 4.78 is 13.8. The van der Waals surface area contributed by atoms with Crippen LogP contribution >= 0.6 is 15.9 Å². The minimum absolute atomic E-state index is 0.0165. The van der Waals surface area contributed by atoms with Crippen molar-refractivity contribution in [1.82, 2.24) is 9.66 Å². The van der Waals surface area contributed by atoms with Gasteiger partial charge in [0.05, 0.1) is 29.3 Å². The highest BCUT2D eigenvalue weighted by molar-refractivity contribution is 9.10. The van der Waals surface area contributed by atoms with Crippen molar-refractivity contribution in [1.29, 1.82) is 0 Å². The molecule has 8 nitrogen and oxygen atoms in total. The Morgan fingerprint density at radius 3 is 2.51 bits per heavy atom. The molecule has 190 valence electrons. The van der Waals surface area contributed by atoms with Crippen LogP contribution in [0.25, 0.3) is 10.9 Å². The molecule has 1 aromatic heterocycles. The maximum absolute atomic E-state index is 13.2. The van der Waals surface area contributed by atoms with Crippen molar-refractivity contribution in [2.75, 3.05) is 6.61 Å². The van der Waals surface area contributed by atoms with E-state index in [4.69, 9.17) is 14.6 Å². The standard InChI is InChI=1S/C28H26BrN3O5/c1-4-36-25-13-19(7-12-24(25)37-16-18-5-8-20(9-6-18)28(34)35)15-30-32-26(17(2)3)31-23-11-10-21(29)14-22(23)27(32)33/h5-15,17H,4,16H2,1-3H3,(H,34,35). The third-order valence-electron chi connectivity index (χ3n) is 5.53. The minimum atomic E-state index is -0.974. The van der Waals surface area contributed by atoms with Gasteiger partial charge < -0.3 is 14.6 Å². The second-order valence-corrected chi connectivity index (χ2v) is 9.49. The summed E-state index contributed by atoms with van der Waals surface area (Å²) in [6, 6.07) is 17.3. The summed E-state index contributed by atoms with van der Waals surface area (Å²) >= 11 is 3.42. The lowest BCUT2D eigenvalue weighted by Crippen LogP contribution is -2.23. The van der Waals surface area contributed by atoms with Crippen molar-refractivity contribution in [2.45, 2.75) is 33.3 Å². The molecule has 0 saturated heterocycles. The zero-order valence-corrected chi connectivity index (χ0v) is 22.2. The number of hydrogen-bond donors (Lipinski definition) is 1. The molecule has 4 rings (SSSR count). The number of aromatic nitrogens is 2. The molecule has 3 aromatic carbocycles. The smallest absolute Gasteiger partial charge is 0.335 e. The van der Waals surface area contributed by atoms with Crippen LogP contribution in [0.15, 0.2) is 75.0 Å². The molecule has 0 unspecified atom stereocenters. The van der Waals surface area contributed by atoms with Gasteiger partial charge in [0.25, 0.3) is 5.56 Å². The van der Waals surface area contributed by atoms with E-state index >= 15 is 0 Å². The van der Waals surface area contributed by atoms with E-state index in [0.717, 1.165) is 15.6 Å². The predicted octanol–water partition coefficient (Wildman–Crippen LogP) is 5.84. The number of carboxylic acid groups (broad SMARTS) is 1. The Labute approximate surface area is 222 Å². The van der Waals surface area contributed by atoms with Crippen molar-refractivity contribution in [3.8, 4) is 11.5 Å². The topological polar surface area (TPSA) is 103 Å². The molecule has 0 fully saturated rings. The van der Waals surface area contributed by atoms with E-state index in [1.54, 1.807) is 36.5 Å². The molecular formula is C28H26BrN3O5. The number of ether oxygens (including phenoxy) is 2. The fourth-order valence-corrected chi connectivity index (χ4v) is 4.03. The fourth-order valence-electron chi connectivity index (χ4n) is 3.67. The largest absolute Gasteiger partial charge is 0.490 e. The molecule has 0 aliphatic rings. The summed E-state index contributed by atoms with van der Waals surface area (Å²) in [4.78, 5) is 29.0. The molecule has 1 N–H and O–H groups in total. The number of rotatable bonds is 9. The zero-order chi connectivity index (χ0) is 26.5. The molecule has 0 saturated carbocycles. The van der Waals surface area contributed by atoms with Crippen LogP contribution in [0.2, 0.25) is 0 Å². The van der Waals surface area contributed by atoms with Gasteiger partial charge in [-0.1, -0.05) is 41.9 Å². The number of halogens is 1. The molecule has 4 aromatic rings. The number of fused-ring (bicyclic) bond motifs is 1. The highest BCUT2D eigenvalue weighted by Crippen LogP contribution is 2.29. The van der Waals surface area contributed by atoms with E-state index in [1.165, 1.54) is 16.8 Å². The number of benzene rings is 3. The monoisotopic (exact) mass is 563 g/mol. The van der Waals surface area contributed by atoms with Gasteiger partial charge in [0.1, 0.15) is 12.4 Å². The highest BCUT2D eigenvalue weighted by Gasteiger charge is 2.14. The first-order chi connectivity index (χ1) is 17.8. The number of hydrogen-bond acceptors (Lipinski definition) is 6. The second kappa shape index (κ2) is 11.4. The maximum Gasteiger partial charge on any atom is 0.335 e. The van der Waals surface area contributed by atoms with Crippen molar-refractivity contribution < 1.29 is 19.4 Å². The molecule has 0 bridgehead atoms. The van der Waals surface area contributed by atoms with Gasteiger partial charge in [0.15, 0.2) is 11.5 Å². The summed E-state index contributed by atoms with van der Waals surface area (Å²) in [7, 11) is 0. The molecule has 0 aliphatic heterocycles. The molecule has 0 atom stereocenters. The van der Waals surface area contributed by atoms with E-state index in [2.05, 4.69) is 26.0 Å². The van der Waals surface area contributed by atoms with Gasteiger partial charge in [-0.25, -0.2) is 9.78 Å². The van der Waals surface area contributed by atoms with Crippen molar-refractivity contribution in [3.63, 3.8) is 0 Å². The first-order valence-corrected chi connectivity index (χ1v) is 12.5. The minimum Gasteiger partial charge on any atom is -0.490 e. The van der Waals surface area contributed by atoms with Crippen molar-refractivity contribution in [2.24, 2.45) is 5.10 Å². The lowest BCUT2D eigenvalue weighted by atomic mass is 10.1. The summed E-state index contributed by atoms with van der Waals surface area (Å²) in [5, 5.41) is 14.0. The maximum atomic E-state index is 13.2. The Hall–Kier alpha value is -3.98. The van der Waals surface area contributed by atoms with Gasteiger partial charge in [-0.2, -0.15) is 9.78 Å². The number of aromatic carboxylic acids is 1. The van der Waals surface area contributed by atoms with E-state index in [9.17, 15) is 9.59 Å². The van der Waals surface area contributed by atoms with Gasteiger partial charge >= 0.3 is 5.97 Å². The average Bonchev–Trinajstić information content (AvgIpc) is 2.88. The molecule has 0 aliphatic carbocycles. The average molecular weight is 564 g/mol. The normalized spacial score (nSPS) is 11.4. The predicted molar refractivity (Wildman–Crippen MR) is 146 cm³/mol. The summed E-state index contributed by atoms with van der Waals surface area (Å²) in [6.07, 6.45) is 1.59. The lowest BCUT2D eigenvalue weighted by molar-refractivity contribution is 0.0697. The van der Waals surface area contributed by atoms with Gasteiger partial charge in [-0.3, -0.25) is 4.79 Å². The van der Waals surface area contributed by atoms with Crippen LogP contribution in [0.1, 0.15) is 54.0 Å². The molecule has 0 spiro atoms. The summed E-state index contributed by atoms with van der Waals surface area (Å²) in [6.45, 7) is 6.49. The Balaban J connectivity index is 1.61. The summed E-state index contributed by atoms with van der Waals surface area (Å²) in [5.41, 5.74) is 2.15. The van der Waals surface area contributed by atoms with E-state index in [1.807, 2.05) is 39.0 Å². The molecule has 1 heterocycles. The Kier molecular flexibility index (Phi) is 8.03. The van der Waals surface area contributed by atoms with Crippen LogP contribution in [-0.4, -0.2) is 33.6 Å². The first kappa shape index (κ1) is 26.1. The SMILES string of the molecule is CCOc1cc(C=Nn2c(C(C)C)nc3ccc(Br)cc3c2=O)ccc1OCc1ccc(C(=O)O)cc1. The fraction of sp³-hybridized carbons (Fsp3) is 0.214. The summed E-state index contributed by atoms with van der Waals surface area (Å²) in [5.74, 6) is 0.648.